The minimum Gasteiger partial charge on any atom is -0.397 e. The van der Waals surface area contributed by atoms with Gasteiger partial charge in [0.05, 0.1) is 17.1 Å². The summed E-state index contributed by atoms with van der Waals surface area (Å²) in [5.41, 5.74) is 11.0. The van der Waals surface area contributed by atoms with E-state index >= 15 is 0 Å². The van der Waals surface area contributed by atoms with E-state index in [-0.39, 0.29) is 0 Å². The summed E-state index contributed by atoms with van der Waals surface area (Å²) < 4.78 is 0. The molecule has 0 radical (unpaired) electrons. The SMILES string of the molecule is Cc1cc(N)c2c(c1)Sc1ccccc1N2CCCN1CCN(C)CC1. The normalized spacial score (nSPS) is 17.8. The zero-order valence-corrected chi connectivity index (χ0v) is 16.6. The van der Waals surface area contributed by atoms with Crippen LogP contribution < -0.4 is 10.6 Å². The third-order valence-electron chi connectivity index (χ3n) is 5.35. The maximum Gasteiger partial charge on any atom is 0.0786 e. The van der Waals surface area contributed by atoms with Gasteiger partial charge in [0, 0.05) is 42.5 Å². The van der Waals surface area contributed by atoms with Crippen molar-refractivity contribution in [2.75, 3.05) is 56.9 Å². The van der Waals surface area contributed by atoms with Gasteiger partial charge < -0.3 is 20.4 Å². The second kappa shape index (κ2) is 7.51. The summed E-state index contributed by atoms with van der Waals surface area (Å²) in [6.45, 7) is 9.00. The molecule has 2 aromatic rings. The first-order chi connectivity index (χ1) is 12.6. The fraction of sp³-hybridized carbons (Fsp3) is 0.429. The molecule has 5 heteroatoms. The van der Waals surface area contributed by atoms with E-state index in [0.717, 1.165) is 25.2 Å². The number of likely N-dealkylation sites (N-methyl/N-ethyl adjacent to an activating group) is 1. The number of fused-ring (bicyclic) bond motifs is 2. The van der Waals surface area contributed by atoms with Crippen molar-refractivity contribution in [2.45, 2.75) is 23.1 Å². The van der Waals surface area contributed by atoms with E-state index in [9.17, 15) is 0 Å². The van der Waals surface area contributed by atoms with Crippen molar-refractivity contribution in [1.82, 2.24) is 9.80 Å². The summed E-state index contributed by atoms with van der Waals surface area (Å²) in [6.07, 6.45) is 1.15. The van der Waals surface area contributed by atoms with Gasteiger partial charge in [0.1, 0.15) is 0 Å². The molecule has 138 valence electrons. The van der Waals surface area contributed by atoms with Crippen LogP contribution in [0.15, 0.2) is 46.2 Å². The Morgan fingerprint density at radius 2 is 1.77 bits per heavy atom. The van der Waals surface area contributed by atoms with Crippen LogP contribution in [-0.4, -0.2) is 56.1 Å². The van der Waals surface area contributed by atoms with E-state index in [2.05, 4.69) is 65.1 Å². The fourth-order valence-corrected chi connectivity index (χ4v) is 5.14. The second-order valence-electron chi connectivity index (χ2n) is 7.42. The third-order valence-corrected chi connectivity index (χ3v) is 6.44. The van der Waals surface area contributed by atoms with Crippen molar-refractivity contribution < 1.29 is 0 Å². The Kier molecular flexibility index (Phi) is 5.11. The maximum absolute atomic E-state index is 6.45. The molecule has 0 aromatic heterocycles. The molecule has 26 heavy (non-hydrogen) atoms. The fourth-order valence-electron chi connectivity index (χ4n) is 3.90. The largest absolute Gasteiger partial charge is 0.397 e. The molecule has 4 rings (SSSR count). The Labute approximate surface area is 161 Å². The summed E-state index contributed by atoms with van der Waals surface area (Å²) in [5, 5.41) is 0. The van der Waals surface area contributed by atoms with Gasteiger partial charge in [-0.2, -0.15) is 0 Å². The van der Waals surface area contributed by atoms with Crippen LogP contribution in [0.4, 0.5) is 17.1 Å². The highest BCUT2D eigenvalue weighted by Crippen LogP contribution is 2.50. The average Bonchev–Trinajstić information content (AvgIpc) is 2.62. The van der Waals surface area contributed by atoms with Gasteiger partial charge in [-0.1, -0.05) is 23.9 Å². The highest BCUT2D eigenvalue weighted by atomic mass is 32.2. The summed E-state index contributed by atoms with van der Waals surface area (Å²) in [6, 6.07) is 13.1. The number of para-hydroxylation sites is 1. The molecule has 2 aliphatic heterocycles. The number of hydrogen-bond donors (Lipinski definition) is 1. The lowest BCUT2D eigenvalue weighted by molar-refractivity contribution is 0.153. The maximum atomic E-state index is 6.45. The summed E-state index contributed by atoms with van der Waals surface area (Å²) >= 11 is 1.84. The van der Waals surface area contributed by atoms with Gasteiger partial charge in [0.15, 0.2) is 0 Å². The molecule has 0 aliphatic carbocycles. The van der Waals surface area contributed by atoms with Crippen LogP contribution >= 0.6 is 11.8 Å². The van der Waals surface area contributed by atoms with Crippen LogP contribution in [0.25, 0.3) is 0 Å². The van der Waals surface area contributed by atoms with Crippen molar-refractivity contribution in [2.24, 2.45) is 0 Å². The number of nitrogens with two attached hydrogens (primary N) is 1. The first-order valence-corrected chi connectivity index (χ1v) is 10.3. The molecule has 4 nitrogen and oxygen atoms in total. The number of aryl methyl sites for hydroxylation is 1. The van der Waals surface area contributed by atoms with Gasteiger partial charge in [-0.15, -0.1) is 0 Å². The monoisotopic (exact) mass is 368 g/mol. The predicted octanol–water partition coefficient (Wildman–Crippen LogP) is 3.82. The lowest BCUT2D eigenvalue weighted by Gasteiger charge is -2.36. The Morgan fingerprint density at radius 1 is 1.00 bits per heavy atom. The van der Waals surface area contributed by atoms with Crippen LogP contribution in [0.3, 0.4) is 0 Å². The number of rotatable bonds is 4. The van der Waals surface area contributed by atoms with E-state index in [0.29, 0.717) is 0 Å². The van der Waals surface area contributed by atoms with Crippen LogP contribution in [0, 0.1) is 6.92 Å². The summed E-state index contributed by atoms with van der Waals surface area (Å²) in [5.74, 6) is 0. The molecule has 0 amide bonds. The Morgan fingerprint density at radius 3 is 2.58 bits per heavy atom. The first-order valence-electron chi connectivity index (χ1n) is 9.47. The number of nitrogens with zero attached hydrogens (tertiary/aromatic N) is 3. The number of anilines is 3. The standard InChI is InChI=1S/C21H28N4S/c1-16-14-17(22)21-20(15-16)26-19-7-4-3-6-18(19)25(21)9-5-8-24-12-10-23(2)11-13-24/h3-4,6-7,14-15H,5,8-13,22H2,1-2H3. The van der Waals surface area contributed by atoms with Crippen molar-refractivity contribution in [3.05, 3.63) is 42.0 Å². The van der Waals surface area contributed by atoms with E-state index in [1.165, 1.54) is 52.9 Å². The highest BCUT2D eigenvalue weighted by Gasteiger charge is 2.25. The molecule has 2 heterocycles. The number of benzene rings is 2. The summed E-state index contributed by atoms with van der Waals surface area (Å²) in [7, 11) is 2.21. The molecule has 0 unspecified atom stereocenters. The number of nitrogen functional groups attached to an aromatic ring is 1. The Balaban J connectivity index is 1.53. The zero-order chi connectivity index (χ0) is 18.1. The Hall–Kier alpha value is -1.69. The minimum absolute atomic E-state index is 0.890. The molecule has 2 N–H and O–H groups in total. The third kappa shape index (κ3) is 3.56. The van der Waals surface area contributed by atoms with Crippen molar-refractivity contribution >= 4 is 28.8 Å². The average molecular weight is 369 g/mol. The van der Waals surface area contributed by atoms with Gasteiger partial charge >= 0.3 is 0 Å². The van der Waals surface area contributed by atoms with E-state index in [4.69, 9.17) is 5.73 Å². The molecular weight excluding hydrogens is 340 g/mol. The van der Waals surface area contributed by atoms with Crippen molar-refractivity contribution in [3.63, 3.8) is 0 Å². The molecular formula is C21H28N4S. The first kappa shape index (κ1) is 17.7. The molecule has 0 saturated carbocycles. The quantitative estimate of drug-likeness (QED) is 0.830. The van der Waals surface area contributed by atoms with Gasteiger partial charge in [0.2, 0.25) is 0 Å². The number of piperazine rings is 1. The zero-order valence-electron chi connectivity index (χ0n) is 15.7. The van der Waals surface area contributed by atoms with Gasteiger partial charge in [0.25, 0.3) is 0 Å². The Bertz CT molecular complexity index is 784. The second-order valence-corrected chi connectivity index (χ2v) is 8.50. The van der Waals surface area contributed by atoms with Crippen LogP contribution in [0.5, 0.6) is 0 Å². The minimum atomic E-state index is 0.890. The predicted molar refractivity (Wildman–Crippen MR) is 112 cm³/mol. The van der Waals surface area contributed by atoms with Crippen molar-refractivity contribution in [3.8, 4) is 0 Å². The van der Waals surface area contributed by atoms with Crippen molar-refractivity contribution in [1.29, 1.82) is 0 Å². The lowest BCUT2D eigenvalue weighted by atomic mass is 10.1. The molecule has 2 aromatic carbocycles. The molecule has 0 bridgehead atoms. The van der Waals surface area contributed by atoms with Gasteiger partial charge in [-0.25, -0.2) is 0 Å². The molecule has 1 saturated heterocycles. The van der Waals surface area contributed by atoms with Crippen LogP contribution in [-0.2, 0) is 0 Å². The van der Waals surface area contributed by atoms with E-state index in [1.54, 1.807) is 0 Å². The number of hydrogen-bond acceptors (Lipinski definition) is 5. The highest BCUT2D eigenvalue weighted by molar-refractivity contribution is 7.99. The van der Waals surface area contributed by atoms with E-state index < -0.39 is 0 Å². The van der Waals surface area contributed by atoms with E-state index in [1.807, 2.05) is 11.8 Å². The van der Waals surface area contributed by atoms with Crippen LogP contribution in [0.2, 0.25) is 0 Å². The smallest absolute Gasteiger partial charge is 0.0786 e. The topological polar surface area (TPSA) is 35.7 Å². The molecule has 2 aliphatic rings. The molecule has 1 fully saturated rings. The van der Waals surface area contributed by atoms with Gasteiger partial charge in [-0.3, -0.25) is 0 Å². The molecule has 0 spiro atoms. The lowest BCUT2D eigenvalue weighted by Crippen LogP contribution is -2.45. The molecule has 0 atom stereocenters. The van der Waals surface area contributed by atoms with Crippen LogP contribution in [0.1, 0.15) is 12.0 Å². The van der Waals surface area contributed by atoms with Gasteiger partial charge in [-0.05, 0) is 56.8 Å². The summed E-state index contributed by atoms with van der Waals surface area (Å²) in [4.78, 5) is 10.0.